The van der Waals surface area contributed by atoms with Crippen LogP contribution in [0.4, 0.5) is 5.69 Å². The predicted molar refractivity (Wildman–Crippen MR) is 86.1 cm³/mol. The van der Waals surface area contributed by atoms with Crippen LogP contribution < -0.4 is 10.5 Å². The predicted octanol–water partition coefficient (Wildman–Crippen LogP) is 3.03. The molecule has 0 radical (unpaired) electrons. The monoisotopic (exact) mass is 337 g/mol. The molecule has 1 unspecified atom stereocenters. The fourth-order valence-corrected chi connectivity index (χ4v) is 2.86. The number of nitrogens with zero attached hydrogens (tertiary/aromatic N) is 2. The Hall–Kier alpha value is -1.82. The van der Waals surface area contributed by atoms with E-state index in [4.69, 9.17) is 33.7 Å². The highest BCUT2D eigenvalue weighted by Gasteiger charge is 2.44. The summed E-state index contributed by atoms with van der Waals surface area (Å²) in [6.07, 6.45) is 1.41. The molecule has 1 aliphatic rings. The van der Waals surface area contributed by atoms with Crippen molar-refractivity contribution in [2.75, 3.05) is 6.61 Å². The van der Waals surface area contributed by atoms with Gasteiger partial charge in [0.15, 0.2) is 5.60 Å². The van der Waals surface area contributed by atoms with Crippen molar-refractivity contribution in [1.82, 2.24) is 4.98 Å². The molecule has 22 heavy (non-hydrogen) atoms. The van der Waals surface area contributed by atoms with E-state index in [0.717, 1.165) is 0 Å². The van der Waals surface area contributed by atoms with Crippen LogP contribution in [0.1, 0.15) is 18.1 Å². The van der Waals surface area contributed by atoms with Crippen LogP contribution in [0.25, 0.3) is 0 Å². The van der Waals surface area contributed by atoms with Gasteiger partial charge in [-0.3, -0.25) is 0 Å². The van der Waals surface area contributed by atoms with E-state index < -0.39 is 5.60 Å². The summed E-state index contributed by atoms with van der Waals surface area (Å²) in [6, 6.07) is 6.56. The van der Waals surface area contributed by atoms with Crippen LogP contribution in [0, 0.1) is 0 Å². The van der Waals surface area contributed by atoms with E-state index in [-0.39, 0.29) is 10.9 Å². The van der Waals surface area contributed by atoms with Gasteiger partial charge in [-0.2, -0.15) is 0 Å². The Bertz CT molecular complexity index is 779. The summed E-state index contributed by atoms with van der Waals surface area (Å²) in [5.74, 6) is 0.374. The number of hydrogen-bond acceptors (Lipinski definition) is 5. The first kappa shape index (κ1) is 15.1. The lowest BCUT2D eigenvalue weighted by atomic mass is 9.87. The fourth-order valence-electron chi connectivity index (χ4n) is 2.45. The summed E-state index contributed by atoms with van der Waals surface area (Å²) in [6.45, 7) is 2.28. The number of aromatic nitrogens is 1. The lowest BCUT2D eigenvalue weighted by Crippen LogP contribution is -2.40. The molecule has 0 saturated heterocycles. The van der Waals surface area contributed by atoms with Gasteiger partial charge in [-0.25, -0.2) is 9.98 Å². The number of hydrogen-bond donors (Lipinski definition) is 2. The van der Waals surface area contributed by atoms with E-state index in [9.17, 15) is 5.11 Å². The second kappa shape index (κ2) is 5.43. The quantitative estimate of drug-likeness (QED) is 0.901. The minimum absolute atomic E-state index is 0.0281. The maximum Gasteiger partial charge on any atom is 0.213 e. The maximum absolute atomic E-state index is 11.2. The zero-order valence-electron chi connectivity index (χ0n) is 11.7. The van der Waals surface area contributed by atoms with Crippen LogP contribution in [-0.2, 0) is 5.60 Å². The summed E-state index contributed by atoms with van der Waals surface area (Å²) in [7, 11) is 0. The first-order valence-corrected chi connectivity index (χ1v) is 7.38. The maximum atomic E-state index is 11.2. The number of rotatable bonds is 3. The molecule has 0 bridgehead atoms. The molecule has 3 N–H and O–H groups in total. The molecule has 2 aromatic rings. The van der Waals surface area contributed by atoms with Crippen molar-refractivity contribution in [3.05, 3.63) is 51.6 Å². The van der Waals surface area contributed by atoms with Crippen molar-refractivity contribution in [3.8, 4) is 5.88 Å². The molecule has 1 aromatic carbocycles. The molecular weight excluding hydrogens is 325 g/mol. The highest BCUT2D eigenvalue weighted by Crippen LogP contribution is 2.45. The Kier molecular flexibility index (Phi) is 3.72. The molecule has 1 aliphatic heterocycles. The van der Waals surface area contributed by atoms with E-state index in [1.54, 1.807) is 24.3 Å². The molecule has 7 heteroatoms. The summed E-state index contributed by atoms with van der Waals surface area (Å²) in [4.78, 5) is 8.26. The zero-order valence-corrected chi connectivity index (χ0v) is 13.2. The first-order chi connectivity index (χ1) is 10.5. The normalized spacial score (nSPS) is 19.7. The third kappa shape index (κ3) is 2.22. The lowest BCUT2D eigenvalue weighted by Gasteiger charge is -2.26. The SMILES string of the molecule is CCOc1cc(C2(O)C(N)=Nc3ccc(Cl)cc32)c(Cl)cn1. The average Bonchev–Trinajstić information content (AvgIpc) is 2.74. The summed E-state index contributed by atoms with van der Waals surface area (Å²) in [5, 5.41) is 11.9. The topological polar surface area (TPSA) is 80.7 Å². The third-order valence-corrected chi connectivity index (χ3v) is 4.01. The number of nitrogens with two attached hydrogens (primary N) is 1. The van der Waals surface area contributed by atoms with Gasteiger partial charge >= 0.3 is 0 Å². The Balaban J connectivity index is 2.21. The van der Waals surface area contributed by atoms with Crippen molar-refractivity contribution < 1.29 is 9.84 Å². The second-order valence-electron chi connectivity index (χ2n) is 4.80. The third-order valence-electron chi connectivity index (χ3n) is 3.47. The summed E-state index contributed by atoms with van der Waals surface area (Å²) < 4.78 is 5.37. The molecule has 2 heterocycles. The molecule has 3 rings (SSSR count). The van der Waals surface area contributed by atoms with Crippen LogP contribution in [0.5, 0.6) is 5.88 Å². The van der Waals surface area contributed by atoms with Crippen LogP contribution >= 0.6 is 23.2 Å². The van der Waals surface area contributed by atoms with E-state index in [1.807, 2.05) is 6.92 Å². The summed E-state index contributed by atoms with van der Waals surface area (Å²) >= 11 is 12.2. The fraction of sp³-hybridized carbons (Fsp3) is 0.200. The van der Waals surface area contributed by atoms with Crippen LogP contribution in [-0.4, -0.2) is 22.5 Å². The van der Waals surface area contributed by atoms with Crippen LogP contribution in [0.2, 0.25) is 10.0 Å². The van der Waals surface area contributed by atoms with Gasteiger partial charge < -0.3 is 15.6 Å². The molecule has 0 fully saturated rings. The number of fused-ring (bicyclic) bond motifs is 1. The minimum Gasteiger partial charge on any atom is -0.478 e. The van der Waals surface area contributed by atoms with Crippen LogP contribution in [0.3, 0.4) is 0 Å². The molecule has 1 aromatic heterocycles. The van der Waals surface area contributed by atoms with Gasteiger partial charge in [0.25, 0.3) is 0 Å². The van der Waals surface area contributed by atoms with Gasteiger partial charge in [0.05, 0.1) is 17.3 Å². The molecule has 0 spiro atoms. The van der Waals surface area contributed by atoms with Crippen LogP contribution in [0.15, 0.2) is 35.5 Å². The molecule has 0 amide bonds. The van der Waals surface area contributed by atoms with Gasteiger partial charge in [0.2, 0.25) is 5.88 Å². The highest BCUT2D eigenvalue weighted by atomic mass is 35.5. The number of benzene rings is 1. The Morgan fingerprint density at radius 3 is 2.77 bits per heavy atom. The minimum atomic E-state index is -1.66. The number of ether oxygens (including phenoxy) is 1. The van der Waals surface area contributed by atoms with Crippen molar-refractivity contribution in [1.29, 1.82) is 0 Å². The molecule has 0 saturated carbocycles. The second-order valence-corrected chi connectivity index (χ2v) is 5.65. The standard InChI is InChI=1S/C15H13Cl2N3O2/c1-2-22-13-6-9(11(17)7-19-13)15(21)10-5-8(16)3-4-12(10)20-14(15)18/h3-7,21H,2H2,1H3,(H2,18,20). The number of pyridine rings is 1. The van der Waals surface area contributed by atoms with E-state index in [1.165, 1.54) is 6.20 Å². The lowest BCUT2D eigenvalue weighted by molar-refractivity contribution is 0.158. The number of aliphatic hydroxyl groups is 1. The van der Waals surface area contributed by atoms with Gasteiger partial charge in [-0.15, -0.1) is 0 Å². The molecule has 1 atom stereocenters. The average molecular weight is 338 g/mol. The zero-order chi connectivity index (χ0) is 15.9. The van der Waals surface area contributed by atoms with E-state index in [2.05, 4.69) is 9.98 Å². The smallest absolute Gasteiger partial charge is 0.213 e. The molecule has 114 valence electrons. The number of amidine groups is 1. The van der Waals surface area contributed by atoms with E-state index in [0.29, 0.717) is 34.3 Å². The molecule has 5 nitrogen and oxygen atoms in total. The highest BCUT2D eigenvalue weighted by molar-refractivity contribution is 6.32. The van der Waals surface area contributed by atoms with Crippen molar-refractivity contribution >= 4 is 34.7 Å². The Morgan fingerprint density at radius 1 is 1.27 bits per heavy atom. The van der Waals surface area contributed by atoms with Gasteiger partial charge in [-0.1, -0.05) is 23.2 Å². The van der Waals surface area contributed by atoms with Gasteiger partial charge in [-0.05, 0) is 25.1 Å². The molecule has 0 aliphatic carbocycles. The van der Waals surface area contributed by atoms with Gasteiger partial charge in [0, 0.05) is 28.4 Å². The Labute approximate surface area is 137 Å². The van der Waals surface area contributed by atoms with Crippen molar-refractivity contribution in [2.24, 2.45) is 10.7 Å². The summed E-state index contributed by atoms with van der Waals surface area (Å²) in [5.41, 5.74) is 5.70. The molecular formula is C15H13Cl2N3O2. The van der Waals surface area contributed by atoms with Crippen molar-refractivity contribution in [2.45, 2.75) is 12.5 Å². The largest absolute Gasteiger partial charge is 0.478 e. The Morgan fingerprint density at radius 2 is 2.05 bits per heavy atom. The van der Waals surface area contributed by atoms with Crippen molar-refractivity contribution in [3.63, 3.8) is 0 Å². The number of aliphatic imine (C=N–C) groups is 1. The van der Waals surface area contributed by atoms with Gasteiger partial charge in [0.1, 0.15) is 5.84 Å². The van der Waals surface area contributed by atoms with E-state index >= 15 is 0 Å². The number of halogens is 2. The first-order valence-electron chi connectivity index (χ1n) is 6.62.